The number of rotatable bonds is 7. The molecule has 0 saturated carbocycles. The summed E-state index contributed by atoms with van der Waals surface area (Å²) in [7, 11) is 2.01. The van der Waals surface area contributed by atoms with E-state index in [0.717, 1.165) is 72.0 Å². The van der Waals surface area contributed by atoms with Gasteiger partial charge in [-0.3, -0.25) is 14.7 Å². The maximum atomic E-state index is 14.3. The number of hydrogen-bond donors (Lipinski definition) is 3. The number of H-pyrrole nitrogens is 2. The molecule has 5 aromatic rings. The van der Waals surface area contributed by atoms with Gasteiger partial charge in [0.15, 0.2) is 0 Å². The molecule has 6 heterocycles. The van der Waals surface area contributed by atoms with Crippen molar-refractivity contribution in [2.24, 2.45) is 7.05 Å². The van der Waals surface area contributed by atoms with Crippen molar-refractivity contribution in [3.8, 4) is 0 Å². The molecule has 0 aliphatic carbocycles. The lowest BCUT2D eigenvalue weighted by atomic mass is 9.89. The summed E-state index contributed by atoms with van der Waals surface area (Å²) in [6, 6.07) is 9.75. The van der Waals surface area contributed by atoms with E-state index < -0.39 is 11.9 Å². The highest BCUT2D eigenvalue weighted by Gasteiger charge is 2.35. The van der Waals surface area contributed by atoms with E-state index in [1.807, 2.05) is 35.6 Å². The molecule has 3 aliphatic heterocycles. The molecule has 13 nitrogen and oxygen atoms in total. The van der Waals surface area contributed by atoms with Gasteiger partial charge in [0.1, 0.15) is 24.0 Å². The predicted molar refractivity (Wildman–Crippen MR) is 199 cm³/mol. The molecule has 3 aromatic heterocycles. The van der Waals surface area contributed by atoms with Crippen LogP contribution in [0.1, 0.15) is 72.9 Å². The number of aromatic amines is 2. The number of carbonyl (C=O) groups excluding carboxylic acids is 2. The molecule has 53 heavy (non-hydrogen) atoms. The van der Waals surface area contributed by atoms with Crippen LogP contribution in [0.4, 0.5) is 9.18 Å². The zero-order chi connectivity index (χ0) is 36.6. The van der Waals surface area contributed by atoms with Crippen molar-refractivity contribution >= 4 is 33.7 Å². The number of piperidine rings is 3. The molecule has 278 valence electrons. The Labute approximate surface area is 306 Å². The van der Waals surface area contributed by atoms with E-state index in [4.69, 9.17) is 0 Å². The standard InChI is InChI=1S/C39H47FN10O3/c1-24-17-25(18-29-22-41-45-35(24)29)19-34(38(52)49-15-9-31(10-16-49)48-11-7-27(8-12-48)36-46-42-23-47(36)2)44-39(53)50-13-5-26(6-14-50)32-20-28-3-4-30(40)21-33(28)43-37(32)51/h3-4,17-18,20-23,26-27,31,34H,5-16,19H2,1-2H3,(H,41,45)(H,43,51)(H,44,53). The first kappa shape index (κ1) is 34.9. The van der Waals surface area contributed by atoms with E-state index >= 15 is 0 Å². The number of halogens is 1. The smallest absolute Gasteiger partial charge is 0.318 e. The topological polar surface area (TPSA) is 148 Å². The van der Waals surface area contributed by atoms with Gasteiger partial charge in [-0.2, -0.15) is 5.10 Å². The number of hydrogen-bond acceptors (Lipinski definition) is 7. The van der Waals surface area contributed by atoms with E-state index in [2.05, 4.69) is 41.7 Å². The molecule has 3 fully saturated rings. The average molecular weight is 723 g/mol. The lowest BCUT2D eigenvalue weighted by Gasteiger charge is -2.42. The Bertz CT molecular complexity index is 2170. The number of carbonyl (C=O) groups is 2. The first-order valence-electron chi connectivity index (χ1n) is 18.9. The number of amides is 3. The van der Waals surface area contributed by atoms with Crippen molar-refractivity contribution in [3.63, 3.8) is 0 Å². The van der Waals surface area contributed by atoms with Crippen LogP contribution in [-0.2, 0) is 18.3 Å². The van der Waals surface area contributed by atoms with Crippen LogP contribution >= 0.6 is 0 Å². The Morgan fingerprint density at radius 1 is 0.925 bits per heavy atom. The summed E-state index contributed by atoms with van der Waals surface area (Å²) in [6.07, 6.45) is 9.05. The third-order valence-corrected chi connectivity index (χ3v) is 11.8. The van der Waals surface area contributed by atoms with E-state index in [9.17, 15) is 18.8 Å². The molecule has 8 rings (SSSR count). The van der Waals surface area contributed by atoms with Gasteiger partial charge in [-0.15, -0.1) is 10.2 Å². The normalized spacial score (nSPS) is 18.9. The Kier molecular flexibility index (Phi) is 9.71. The van der Waals surface area contributed by atoms with E-state index in [0.29, 0.717) is 68.5 Å². The minimum absolute atomic E-state index is 0.0294. The number of aromatic nitrogens is 6. The largest absolute Gasteiger partial charge is 0.341 e. The van der Waals surface area contributed by atoms with E-state index in [-0.39, 0.29) is 23.4 Å². The minimum atomic E-state index is -0.730. The highest BCUT2D eigenvalue weighted by atomic mass is 19.1. The van der Waals surface area contributed by atoms with Crippen LogP contribution in [0.25, 0.3) is 21.8 Å². The second-order valence-corrected chi connectivity index (χ2v) is 15.2. The molecule has 2 aromatic carbocycles. The number of benzene rings is 2. The number of fused-ring (bicyclic) bond motifs is 2. The predicted octanol–water partition coefficient (Wildman–Crippen LogP) is 4.35. The summed E-state index contributed by atoms with van der Waals surface area (Å²) in [4.78, 5) is 50.2. The zero-order valence-electron chi connectivity index (χ0n) is 30.4. The van der Waals surface area contributed by atoms with Crippen molar-refractivity contribution in [2.75, 3.05) is 39.3 Å². The van der Waals surface area contributed by atoms with Gasteiger partial charge in [0.2, 0.25) is 5.91 Å². The summed E-state index contributed by atoms with van der Waals surface area (Å²) in [5.41, 5.74) is 3.86. The summed E-state index contributed by atoms with van der Waals surface area (Å²) >= 11 is 0. The third-order valence-electron chi connectivity index (χ3n) is 11.8. The van der Waals surface area contributed by atoms with Crippen LogP contribution in [-0.4, -0.2) is 108 Å². The quantitative estimate of drug-likeness (QED) is 0.226. The fourth-order valence-electron chi connectivity index (χ4n) is 8.85. The van der Waals surface area contributed by atoms with Crippen LogP contribution in [0.15, 0.2) is 53.7 Å². The molecule has 3 N–H and O–H groups in total. The summed E-state index contributed by atoms with van der Waals surface area (Å²) < 4.78 is 15.7. The number of nitrogens with zero attached hydrogens (tertiary/aromatic N) is 7. The number of aryl methyl sites for hydroxylation is 2. The summed E-state index contributed by atoms with van der Waals surface area (Å²) in [5.74, 6) is 0.998. The minimum Gasteiger partial charge on any atom is -0.341 e. The molecule has 0 radical (unpaired) electrons. The molecule has 0 bridgehead atoms. The first-order chi connectivity index (χ1) is 25.7. The van der Waals surface area contributed by atoms with Crippen molar-refractivity contribution in [3.05, 3.63) is 87.6 Å². The summed E-state index contributed by atoms with van der Waals surface area (Å²) in [6.45, 7) is 6.25. The van der Waals surface area contributed by atoms with Crippen LogP contribution in [0.3, 0.4) is 0 Å². The molecular formula is C39H47FN10O3. The molecule has 1 atom stereocenters. The maximum Gasteiger partial charge on any atom is 0.318 e. The Balaban J connectivity index is 0.918. The Morgan fingerprint density at radius 2 is 1.66 bits per heavy atom. The van der Waals surface area contributed by atoms with E-state index in [1.54, 1.807) is 23.5 Å². The molecule has 3 saturated heterocycles. The first-order valence-corrected chi connectivity index (χ1v) is 18.9. The number of urea groups is 1. The van der Waals surface area contributed by atoms with Gasteiger partial charge < -0.3 is 29.6 Å². The van der Waals surface area contributed by atoms with Crippen molar-refractivity contribution < 1.29 is 14.0 Å². The molecule has 3 aliphatic rings. The second kappa shape index (κ2) is 14.7. The lowest BCUT2D eigenvalue weighted by molar-refractivity contribution is -0.135. The number of pyridine rings is 1. The summed E-state index contributed by atoms with van der Waals surface area (Å²) in [5, 5.41) is 20.5. The fraction of sp³-hybridized carbons (Fsp3) is 0.487. The number of nitrogens with one attached hydrogen (secondary N) is 3. The maximum absolute atomic E-state index is 14.3. The van der Waals surface area contributed by atoms with Crippen molar-refractivity contribution in [1.82, 2.24) is 50.0 Å². The van der Waals surface area contributed by atoms with Crippen LogP contribution in [0.2, 0.25) is 0 Å². The molecular weight excluding hydrogens is 675 g/mol. The second-order valence-electron chi connectivity index (χ2n) is 15.2. The van der Waals surface area contributed by atoms with Gasteiger partial charge in [0.25, 0.3) is 5.56 Å². The highest BCUT2D eigenvalue weighted by Crippen LogP contribution is 2.31. The monoisotopic (exact) mass is 722 g/mol. The molecule has 14 heteroatoms. The number of likely N-dealkylation sites (tertiary alicyclic amines) is 3. The van der Waals surface area contributed by atoms with Gasteiger partial charge >= 0.3 is 6.03 Å². The highest BCUT2D eigenvalue weighted by molar-refractivity contribution is 5.88. The molecule has 0 spiro atoms. The SMILES string of the molecule is Cc1cc(CC(NC(=O)N2CCC(c3cc4ccc(F)cc4[nH]c3=O)CC2)C(=O)N2CCC(N3CCC(c4nncn4C)CC3)CC2)cc2cn[nH]c12. The van der Waals surface area contributed by atoms with Gasteiger partial charge in [-0.05, 0) is 111 Å². The van der Waals surface area contributed by atoms with Gasteiger partial charge in [-0.25, -0.2) is 9.18 Å². The van der Waals surface area contributed by atoms with Gasteiger partial charge in [-0.1, -0.05) is 6.07 Å². The van der Waals surface area contributed by atoms with Crippen LogP contribution in [0.5, 0.6) is 0 Å². The van der Waals surface area contributed by atoms with Crippen molar-refractivity contribution in [1.29, 1.82) is 0 Å². The van der Waals surface area contributed by atoms with Crippen molar-refractivity contribution in [2.45, 2.75) is 75.8 Å². The Hall–Kier alpha value is -5.11. The van der Waals surface area contributed by atoms with Crippen LogP contribution < -0.4 is 10.9 Å². The van der Waals surface area contributed by atoms with Gasteiger partial charge in [0.05, 0.1) is 17.2 Å². The van der Waals surface area contributed by atoms with Gasteiger partial charge in [0, 0.05) is 62.6 Å². The molecule has 1 unspecified atom stereocenters. The zero-order valence-corrected chi connectivity index (χ0v) is 30.4. The Morgan fingerprint density at radius 3 is 2.40 bits per heavy atom. The fourth-order valence-corrected chi connectivity index (χ4v) is 8.85. The average Bonchev–Trinajstić information content (AvgIpc) is 3.83. The van der Waals surface area contributed by atoms with Crippen LogP contribution in [0, 0.1) is 12.7 Å². The van der Waals surface area contributed by atoms with E-state index in [1.165, 1.54) is 12.1 Å². The molecule has 3 amide bonds. The third kappa shape index (κ3) is 7.28. The lowest BCUT2D eigenvalue weighted by Crippen LogP contribution is -2.56.